The standard InChI is InChI=1S/C22H15NO2S/c24-26(25,17-9-2-1-3-10-17)23-20-13-7-6-12-19(20)22-18-11-5-4-8-16(18)14-15-21(22)23/h1-15H. The van der Waals surface area contributed by atoms with Gasteiger partial charge in [-0.2, -0.15) is 0 Å². The largest absolute Gasteiger partial charge is 0.268 e. The molecule has 0 aliphatic rings. The fourth-order valence-corrected chi connectivity index (χ4v) is 5.20. The second-order valence-electron chi connectivity index (χ2n) is 6.28. The summed E-state index contributed by atoms with van der Waals surface area (Å²) in [4.78, 5) is 0.288. The van der Waals surface area contributed by atoms with Gasteiger partial charge in [-0.1, -0.05) is 66.7 Å². The lowest BCUT2D eigenvalue weighted by atomic mass is 10.0. The quantitative estimate of drug-likeness (QED) is 0.436. The van der Waals surface area contributed by atoms with Crippen LogP contribution in [-0.4, -0.2) is 12.4 Å². The maximum atomic E-state index is 13.4. The molecule has 0 spiro atoms. The molecule has 0 radical (unpaired) electrons. The second kappa shape index (κ2) is 5.44. The molecular weight excluding hydrogens is 342 g/mol. The minimum Gasteiger partial charge on any atom is -0.233 e. The topological polar surface area (TPSA) is 39.1 Å². The lowest BCUT2D eigenvalue weighted by Crippen LogP contribution is -2.12. The van der Waals surface area contributed by atoms with Crippen LogP contribution in [0.1, 0.15) is 0 Å². The van der Waals surface area contributed by atoms with E-state index in [4.69, 9.17) is 0 Å². The number of rotatable bonds is 2. The van der Waals surface area contributed by atoms with Gasteiger partial charge in [-0.25, -0.2) is 12.4 Å². The van der Waals surface area contributed by atoms with Gasteiger partial charge in [0.15, 0.2) is 0 Å². The maximum Gasteiger partial charge on any atom is 0.268 e. The fraction of sp³-hybridized carbons (Fsp3) is 0. The van der Waals surface area contributed by atoms with Crippen molar-refractivity contribution in [1.29, 1.82) is 0 Å². The second-order valence-corrected chi connectivity index (χ2v) is 8.07. The van der Waals surface area contributed by atoms with Crippen LogP contribution in [0.2, 0.25) is 0 Å². The predicted octanol–water partition coefficient (Wildman–Crippen LogP) is 5.18. The Balaban J connectivity index is 2.02. The average molecular weight is 357 g/mol. The van der Waals surface area contributed by atoms with Crippen LogP contribution in [0, 0.1) is 0 Å². The minimum absolute atomic E-state index is 0.288. The summed E-state index contributed by atoms with van der Waals surface area (Å²) >= 11 is 0. The van der Waals surface area contributed by atoms with Crippen molar-refractivity contribution in [2.75, 3.05) is 0 Å². The van der Waals surface area contributed by atoms with Crippen molar-refractivity contribution in [1.82, 2.24) is 3.97 Å². The van der Waals surface area contributed by atoms with Gasteiger partial charge in [0.05, 0.1) is 15.9 Å². The third kappa shape index (κ3) is 2.02. The van der Waals surface area contributed by atoms with E-state index in [1.165, 1.54) is 3.97 Å². The van der Waals surface area contributed by atoms with Gasteiger partial charge in [0.2, 0.25) is 0 Å². The summed E-state index contributed by atoms with van der Waals surface area (Å²) < 4.78 is 28.3. The molecule has 0 aliphatic heterocycles. The van der Waals surface area contributed by atoms with Gasteiger partial charge in [0, 0.05) is 10.8 Å². The summed E-state index contributed by atoms with van der Waals surface area (Å²) in [5.41, 5.74) is 1.40. The van der Waals surface area contributed by atoms with Crippen molar-refractivity contribution in [3.63, 3.8) is 0 Å². The Labute approximate surface area is 151 Å². The molecule has 0 aliphatic carbocycles. The molecule has 5 aromatic rings. The molecule has 0 fully saturated rings. The molecule has 0 amide bonds. The van der Waals surface area contributed by atoms with Crippen molar-refractivity contribution < 1.29 is 8.42 Å². The van der Waals surface area contributed by atoms with Crippen LogP contribution in [0.25, 0.3) is 32.6 Å². The molecule has 1 aromatic heterocycles. The molecule has 4 aromatic carbocycles. The van der Waals surface area contributed by atoms with Gasteiger partial charge in [-0.15, -0.1) is 0 Å². The van der Waals surface area contributed by atoms with Gasteiger partial charge in [-0.3, -0.25) is 0 Å². The highest BCUT2D eigenvalue weighted by atomic mass is 32.2. The Hall–Kier alpha value is -3.11. The van der Waals surface area contributed by atoms with E-state index in [9.17, 15) is 8.42 Å². The Morgan fingerprint density at radius 1 is 0.577 bits per heavy atom. The van der Waals surface area contributed by atoms with Crippen LogP contribution in [0.5, 0.6) is 0 Å². The zero-order valence-corrected chi connectivity index (χ0v) is 14.6. The van der Waals surface area contributed by atoms with Crippen LogP contribution in [0.4, 0.5) is 0 Å². The first-order chi connectivity index (χ1) is 12.7. The third-order valence-corrected chi connectivity index (χ3v) is 6.54. The average Bonchev–Trinajstić information content (AvgIpc) is 3.04. The van der Waals surface area contributed by atoms with E-state index in [0.29, 0.717) is 11.0 Å². The summed E-state index contributed by atoms with van der Waals surface area (Å²) in [5, 5.41) is 4.07. The Morgan fingerprint density at radius 2 is 1.23 bits per heavy atom. The zero-order valence-electron chi connectivity index (χ0n) is 13.8. The van der Waals surface area contributed by atoms with Crippen molar-refractivity contribution in [2.45, 2.75) is 4.90 Å². The summed E-state index contributed by atoms with van der Waals surface area (Å²) in [6.07, 6.45) is 0. The molecule has 4 heteroatoms. The molecular formula is C22H15NO2S. The lowest BCUT2D eigenvalue weighted by molar-refractivity contribution is 0.590. The van der Waals surface area contributed by atoms with E-state index in [2.05, 4.69) is 0 Å². The molecule has 0 N–H and O–H groups in total. The van der Waals surface area contributed by atoms with E-state index >= 15 is 0 Å². The van der Waals surface area contributed by atoms with E-state index in [0.717, 1.165) is 21.5 Å². The monoisotopic (exact) mass is 357 g/mol. The summed E-state index contributed by atoms with van der Waals surface area (Å²) in [6.45, 7) is 0. The molecule has 1 heterocycles. The molecule has 126 valence electrons. The predicted molar refractivity (Wildman–Crippen MR) is 106 cm³/mol. The third-order valence-electron chi connectivity index (χ3n) is 4.80. The molecule has 0 bridgehead atoms. The van der Waals surface area contributed by atoms with Crippen molar-refractivity contribution in [3.8, 4) is 0 Å². The molecule has 0 saturated heterocycles. The van der Waals surface area contributed by atoms with Crippen molar-refractivity contribution in [3.05, 3.63) is 91.0 Å². The van der Waals surface area contributed by atoms with Gasteiger partial charge in [-0.05, 0) is 35.0 Å². The Bertz CT molecular complexity index is 1380. The summed E-state index contributed by atoms with van der Waals surface area (Å²) in [5.74, 6) is 0. The number of hydrogen-bond donors (Lipinski definition) is 0. The van der Waals surface area contributed by atoms with Gasteiger partial charge < -0.3 is 0 Å². The first-order valence-corrected chi connectivity index (χ1v) is 9.83. The number of nitrogens with zero attached hydrogens (tertiary/aromatic N) is 1. The molecule has 3 nitrogen and oxygen atoms in total. The number of para-hydroxylation sites is 1. The molecule has 5 rings (SSSR count). The smallest absolute Gasteiger partial charge is 0.233 e. The molecule has 0 unspecified atom stereocenters. The maximum absolute atomic E-state index is 13.4. The molecule has 0 saturated carbocycles. The van der Waals surface area contributed by atoms with Gasteiger partial charge >= 0.3 is 0 Å². The number of aromatic nitrogens is 1. The van der Waals surface area contributed by atoms with E-state index in [1.54, 1.807) is 24.3 Å². The van der Waals surface area contributed by atoms with E-state index < -0.39 is 10.0 Å². The Morgan fingerprint density at radius 3 is 2.04 bits per heavy atom. The number of hydrogen-bond acceptors (Lipinski definition) is 2. The van der Waals surface area contributed by atoms with Crippen LogP contribution < -0.4 is 0 Å². The number of fused-ring (bicyclic) bond motifs is 5. The lowest BCUT2D eigenvalue weighted by Gasteiger charge is -2.09. The fourth-order valence-electron chi connectivity index (χ4n) is 3.66. The highest BCUT2D eigenvalue weighted by Gasteiger charge is 2.23. The van der Waals surface area contributed by atoms with Gasteiger partial charge in [0.1, 0.15) is 0 Å². The van der Waals surface area contributed by atoms with Crippen LogP contribution >= 0.6 is 0 Å². The first-order valence-electron chi connectivity index (χ1n) is 8.39. The summed E-state index contributed by atoms with van der Waals surface area (Å²) in [6, 6.07) is 28.2. The van der Waals surface area contributed by atoms with Crippen LogP contribution in [-0.2, 0) is 10.0 Å². The highest BCUT2D eigenvalue weighted by Crippen LogP contribution is 2.36. The van der Waals surface area contributed by atoms with Crippen LogP contribution in [0.15, 0.2) is 95.9 Å². The molecule has 0 atom stereocenters. The zero-order chi connectivity index (χ0) is 17.7. The van der Waals surface area contributed by atoms with E-state index in [-0.39, 0.29) is 4.90 Å². The normalized spacial score (nSPS) is 12.2. The van der Waals surface area contributed by atoms with Crippen molar-refractivity contribution in [2.24, 2.45) is 0 Å². The summed E-state index contributed by atoms with van der Waals surface area (Å²) in [7, 11) is -3.70. The number of benzene rings is 4. The van der Waals surface area contributed by atoms with Gasteiger partial charge in [0.25, 0.3) is 10.0 Å². The SMILES string of the molecule is O=S(=O)(c1ccccc1)n1c2ccccc2c2c3ccccc3ccc21. The highest BCUT2D eigenvalue weighted by molar-refractivity contribution is 7.90. The first kappa shape index (κ1) is 15.2. The Kier molecular flexibility index (Phi) is 3.18. The van der Waals surface area contributed by atoms with Crippen LogP contribution in [0.3, 0.4) is 0 Å². The molecule has 26 heavy (non-hydrogen) atoms. The van der Waals surface area contributed by atoms with E-state index in [1.807, 2.05) is 66.7 Å². The van der Waals surface area contributed by atoms with Crippen molar-refractivity contribution >= 4 is 42.6 Å². The minimum atomic E-state index is -3.70.